The lowest BCUT2D eigenvalue weighted by atomic mass is 10.1. The summed E-state index contributed by atoms with van der Waals surface area (Å²) in [5, 5.41) is 14.7. The van der Waals surface area contributed by atoms with E-state index in [1.807, 2.05) is 31.2 Å². The van der Waals surface area contributed by atoms with Crippen molar-refractivity contribution in [3.63, 3.8) is 0 Å². The molecule has 2 aromatic carbocycles. The molecule has 2 aromatic rings. The molecule has 7 heteroatoms. The van der Waals surface area contributed by atoms with Crippen molar-refractivity contribution in [3.05, 3.63) is 53.6 Å². The SMILES string of the molecule is Cc1ccc(C(=O)N(C)C)cc1NCC(=O)Nc1ccccc1SCC#N. The number of aryl methyl sites for hydroxylation is 1. The summed E-state index contributed by atoms with van der Waals surface area (Å²) in [4.78, 5) is 26.8. The number of amides is 2. The molecule has 2 rings (SSSR count). The highest BCUT2D eigenvalue weighted by Crippen LogP contribution is 2.26. The van der Waals surface area contributed by atoms with E-state index < -0.39 is 0 Å². The van der Waals surface area contributed by atoms with Crippen molar-refractivity contribution in [2.24, 2.45) is 0 Å². The van der Waals surface area contributed by atoms with E-state index in [4.69, 9.17) is 5.26 Å². The molecule has 0 saturated heterocycles. The highest BCUT2D eigenvalue weighted by molar-refractivity contribution is 7.99. The van der Waals surface area contributed by atoms with E-state index >= 15 is 0 Å². The van der Waals surface area contributed by atoms with Crippen LogP contribution in [0, 0.1) is 18.3 Å². The lowest BCUT2D eigenvalue weighted by molar-refractivity contribution is -0.114. The van der Waals surface area contributed by atoms with Gasteiger partial charge in [0.1, 0.15) is 0 Å². The molecule has 140 valence electrons. The largest absolute Gasteiger partial charge is 0.376 e. The van der Waals surface area contributed by atoms with Gasteiger partial charge in [-0.25, -0.2) is 0 Å². The first kappa shape index (κ1) is 20.3. The van der Waals surface area contributed by atoms with Gasteiger partial charge in [-0.1, -0.05) is 18.2 Å². The second-order valence-corrected chi connectivity index (χ2v) is 7.09. The maximum atomic E-state index is 12.3. The maximum Gasteiger partial charge on any atom is 0.253 e. The number of carbonyl (C=O) groups excluding carboxylic acids is 2. The number of nitriles is 1. The second kappa shape index (κ2) is 9.64. The second-order valence-electron chi connectivity index (χ2n) is 6.07. The molecule has 0 unspecified atom stereocenters. The van der Waals surface area contributed by atoms with E-state index in [1.54, 1.807) is 32.3 Å². The standard InChI is InChI=1S/C20H22N4O2S/c1-14-8-9-15(20(26)24(2)3)12-17(14)22-13-19(25)23-16-6-4-5-7-18(16)27-11-10-21/h4-9,12,22H,11,13H2,1-3H3,(H,23,25). The van der Waals surface area contributed by atoms with Crippen LogP contribution in [-0.4, -0.2) is 43.1 Å². The average molecular weight is 382 g/mol. The Morgan fingerprint density at radius 1 is 1.15 bits per heavy atom. The monoisotopic (exact) mass is 382 g/mol. The Kier molecular flexibility index (Phi) is 7.26. The molecule has 0 atom stereocenters. The maximum absolute atomic E-state index is 12.3. The summed E-state index contributed by atoms with van der Waals surface area (Å²) in [6.45, 7) is 1.98. The zero-order chi connectivity index (χ0) is 19.8. The molecule has 0 radical (unpaired) electrons. The van der Waals surface area contributed by atoms with Gasteiger partial charge in [-0.3, -0.25) is 9.59 Å². The number of anilines is 2. The van der Waals surface area contributed by atoms with Gasteiger partial charge in [0.25, 0.3) is 5.91 Å². The van der Waals surface area contributed by atoms with Gasteiger partial charge < -0.3 is 15.5 Å². The Balaban J connectivity index is 2.03. The summed E-state index contributed by atoms with van der Waals surface area (Å²) in [7, 11) is 3.40. The Morgan fingerprint density at radius 3 is 2.59 bits per heavy atom. The normalized spacial score (nSPS) is 10.0. The van der Waals surface area contributed by atoms with E-state index in [-0.39, 0.29) is 18.4 Å². The fourth-order valence-electron chi connectivity index (χ4n) is 2.38. The number of rotatable bonds is 7. The topological polar surface area (TPSA) is 85.2 Å². The molecule has 0 fully saturated rings. The number of benzene rings is 2. The van der Waals surface area contributed by atoms with Crippen LogP contribution in [0.3, 0.4) is 0 Å². The lowest BCUT2D eigenvalue weighted by Gasteiger charge is -2.15. The summed E-state index contributed by atoms with van der Waals surface area (Å²) in [6, 6.07) is 14.8. The van der Waals surface area contributed by atoms with Crippen molar-refractivity contribution >= 4 is 35.0 Å². The third-order valence-electron chi connectivity index (χ3n) is 3.78. The number of hydrogen-bond donors (Lipinski definition) is 2. The minimum absolute atomic E-state index is 0.0672. The van der Waals surface area contributed by atoms with Crippen LogP contribution in [0.5, 0.6) is 0 Å². The van der Waals surface area contributed by atoms with Gasteiger partial charge in [-0.05, 0) is 36.8 Å². The highest BCUT2D eigenvalue weighted by Gasteiger charge is 2.11. The fraction of sp³-hybridized carbons (Fsp3) is 0.250. The molecule has 2 amide bonds. The Morgan fingerprint density at radius 2 is 1.89 bits per heavy atom. The Bertz CT molecular complexity index is 875. The zero-order valence-corrected chi connectivity index (χ0v) is 16.4. The molecule has 0 bridgehead atoms. The predicted octanol–water partition coefficient (Wildman–Crippen LogP) is 3.36. The van der Waals surface area contributed by atoms with Gasteiger partial charge in [-0.15, -0.1) is 11.8 Å². The predicted molar refractivity (Wildman–Crippen MR) is 109 cm³/mol. The molecule has 0 spiro atoms. The first-order valence-corrected chi connectivity index (χ1v) is 9.35. The Hall–Kier alpha value is -2.98. The highest BCUT2D eigenvalue weighted by atomic mass is 32.2. The number of nitrogens with zero attached hydrogens (tertiary/aromatic N) is 2. The molecule has 2 N–H and O–H groups in total. The molecular weight excluding hydrogens is 360 g/mol. The van der Waals surface area contributed by atoms with E-state index in [9.17, 15) is 9.59 Å². The molecular formula is C20H22N4O2S. The molecule has 0 heterocycles. The van der Waals surface area contributed by atoms with Crippen molar-refractivity contribution in [2.75, 3.05) is 37.0 Å². The van der Waals surface area contributed by atoms with Crippen LogP contribution in [0.25, 0.3) is 0 Å². The van der Waals surface area contributed by atoms with Crippen LogP contribution in [0.15, 0.2) is 47.4 Å². The van der Waals surface area contributed by atoms with E-state index in [0.717, 1.165) is 16.1 Å². The smallest absolute Gasteiger partial charge is 0.253 e. The van der Waals surface area contributed by atoms with E-state index in [0.29, 0.717) is 17.0 Å². The van der Waals surface area contributed by atoms with Gasteiger partial charge in [0.2, 0.25) is 5.91 Å². The average Bonchev–Trinajstić information content (AvgIpc) is 2.66. The van der Waals surface area contributed by atoms with Crippen molar-refractivity contribution in [1.82, 2.24) is 4.90 Å². The minimum Gasteiger partial charge on any atom is -0.376 e. The molecule has 0 aliphatic heterocycles. The van der Waals surface area contributed by atoms with Crippen LogP contribution in [0.1, 0.15) is 15.9 Å². The van der Waals surface area contributed by atoms with Crippen molar-refractivity contribution in [3.8, 4) is 6.07 Å². The number of carbonyl (C=O) groups is 2. The van der Waals surface area contributed by atoms with Crippen molar-refractivity contribution < 1.29 is 9.59 Å². The van der Waals surface area contributed by atoms with E-state index in [2.05, 4.69) is 16.7 Å². The van der Waals surface area contributed by atoms with Crippen LogP contribution in [-0.2, 0) is 4.79 Å². The van der Waals surface area contributed by atoms with Gasteiger partial charge in [0, 0.05) is 30.2 Å². The summed E-state index contributed by atoms with van der Waals surface area (Å²) in [5.41, 5.74) is 2.93. The van der Waals surface area contributed by atoms with Crippen LogP contribution < -0.4 is 10.6 Å². The number of thioether (sulfide) groups is 1. The van der Waals surface area contributed by atoms with Crippen molar-refractivity contribution in [1.29, 1.82) is 5.26 Å². The summed E-state index contributed by atoms with van der Waals surface area (Å²) in [6.07, 6.45) is 0. The molecule has 0 saturated carbocycles. The number of nitrogens with one attached hydrogen (secondary N) is 2. The molecule has 0 aliphatic carbocycles. The molecule has 27 heavy (non-hydrogen) atoms. The first-order valence-electron chi connectivity index (χ1n) is 8.37. The Labute approximate surface area is 163 Å². The minimum atomic E-state index is -0.205. The third kappa shape index (κ3) is 5.76. The zero-order valence-electron chi connectivity index (χ0n) is 15.6. The molecule has 6 nitrogen and oxygen atoms in total. The van der Waals surface area contributed by atoms with E-state index in [1.165, 1.54) is 16.7 Å². The molecule has 0 aliphatic rings. The fourth-order valence-corrected chi connectivity index (χ4v) is 3.05. The van der Waals surface area contributed by atoms with Gasteiger partial charge in [0.15, 0.2) is 0 Å². The van der Waals surface area contributed by atoms with Crippen LogP contribution >= 0.6 is 11.8 Å². The summed E-state index contributed by atoms with van der Waals surface area (Å²) >= 11 is 1.38. The third-order valence-corrected chi connectivity index (χ3v) is 4.72. The summed E-state index contributed by atoms with van der Waals surface area (Å²) in [5.74, 6) is 0.0199. The van der Waals surface area contributed by atoms with Crippen LogP contribution in [0.4, 0.5) is 11.4 Å². The summed E-state index contributed by atoms with van der Waals surface area (Å²) < 4.78 is 0. The van der Waals surface area contributed by atoms with Crippen molar-refractivity contribution in [2.45, 2.75) is 11.8 Å². The number of para-hydroxylation sites is 1. The number of hydrogen-bond acceptors (Lipinski definition) is 5. The molecule has 0 aromatic heterocycles. The van der Waals surface area contributed by atoms with Crippen LogP contribution in [0.2, 0.25) is 0 Å². The van der Waals surface area contributed by atoms with Gasteiger partial charge in [0.05, 0.1) is 24.1 Å². The quantitative estimate of drug-likeness (QED) is 0.717. The first-order chi connectivity index (χ1) is 12.9. The lowest BCUT2D eigenvalue weighted by Crippen LogP contribution is -2.23. The van der Waals surface area contributed by atoms with Gasteiger partial charge in [-0.2, -0.15) is 5.26 Å². The van der Waals surface area contributed by atoms with Gasteiger partial charge >= 0.3 is 0 Å².